The Balaban J connectivity index is 1.86. The molecule has 0 aromatic heterocycles. The molecule has 0 aliphatic rings. The Morgan fingerprint density at radius 3 is 2.47 bits per heavy atom. The van der Waals surface area contributed by atoms with Gasteiger partial charge in [-0.25, -0.2) is 4.39 Å². The predicted octanol–water partition coefficient (Wildman–Crippen LogP) is 4.28. The molecule has 0 bridgehead atoms. The molecule has 1 nitrogen and oxygen atoms in total. The van der Waals surface area contributed by atoms with Gasteiger partial charge in [0.05, 0.1) is 6.10 Å². The minimum atomic E-state index is -0.481. The molecule has 19 heavy (non-hydrogen) atoms. The largest absolute Gasteiger partial charge is 0.392 e. The molecular formula is C15H14BrFOS. The maximum Gasteiger partial charge on any atom is 0.136 e. The van der Waals surface area contributed by atoms with E-state index >= 15 is 0 Å². The van der Waals surface area contributed by atoms with Gasteiger partial charge in [0.15, 0.2) is 0 Å². The summed E-state index contributed by atoms with van der Waals surface area (Å²) < 4.78 is 14.4. The van der Waals surface area contributed by atoms with Crippen LogP contribution in [0.1, 0.15) is 5.56 Å². The molecule has 0 fully saturated rings. The average Bonchev–Trinajstić information content (AvgIpc) is 2.40. The molecule has 0 aliphatic carbocycles. The van der Waals surface area contributed by atoms with Crippen molar-refractivity contribution in [2.45, 2.75) is 17.4 Å². The maximum atomic E-state index is 13.4. The van der Waals surface area contributed by atoms with Gasteiger partial charge in [0.1, 0.15) is 5.82 Å². The van der Waals surface area contributed by atoms with Gasteiger partial charge in [0, 0.05) is 15.1 Å². The molecule has 0 saturated heterocycles. The lowest BCUT2D eigenvalue weighted by molar-refractivity contribution is 0.200. The monoisotopic (exact) mass is 340 g/mol. The summed E-state index contributed by atoms with van der Waals surface area (Å²) in [7, 11) is 0. The second kappa shape index (κ2) is 7.08. The Labute approximate surface area is 125 Å². The van der Waals surface area contributed by atoms with Gasteiger partial charge in [-0.3, -0.25) is 0 Å². The van der Waals surface area contributed by atoms with E-state index in [4.69, 9.17) is 0 Å². The molecule has 0 aliphatic heterocycles. The highest BCUT2D eigenvalue weighted by Gasteiger charge is 2.08. The zero-order valence-corrected chi connectivity index (χ0v) is 12.6. The van der Waals surface area contributed by atoms with E-state index in [9.17, 15) is 9.50 Å². The predicted molar refractivity (Wildman–Crippen MR) is 81.0 cm³/mol. The lowest BCUT2D eigenvalue weighted by atomic mass is 10.1. The highest BCUT2D eigenvalue weighted by atomic mass is 79.9. The zero-order valence-electron chi connectivity index (χ0n) is 10.2. The standard InChI is InChI=1S/C15H14BrFOS/c16-12-7-5-11(6-8-12)9-13(18)10-19-15-4-2-1-3-14(15)17/h1-8,13,18H,9-10H2. The maximum absolute atomic E-state index is 13.4. The van der Waals surface area contributed by atoms with Crippen LogP contribution in [0, 0.1) is 5.82 Å². The van der Waals surface area contributed by atoms with Crippen molar-refractivity contribution in [3.63, 3.8) is 0 Å². The third-order valence-electron chi connectivity index (χ3n) is 2.65. The molecule has 1 unspecified atom stereocenters. The van der Waals surface area contributed by atoms with Crippen molar-refractivity contribution in [3.8, 4) is 0 Å². The molecule has 2 aromatic carbocycles. The van der Waals surface area contributed by atoms with Crippen molar-refractivity contribution in [1.82, 2.24) is 0 Å². The van der Waals surface area contributed by atoms with Crippen molar-refractivity contribution in [3.05, 3.63) is 64.4 Å². The molecule has 100 valence electrons. The SMILES string of the molecule is OC(CSc1ccccc1F)Cc1ccc(Br)cc1. The number of hydrogen-bond acceptors (Lipinski definition) is 2. The van der Waals surface area contributed by atoms with E-state index in [1.165, 1.54) is 17.8 Å². The molecule has 2 aromatic rings. The van der Waals surface area contributed by atoms with E-state index in [0.29, 0.717) is 17.1 Å². The quantitative estimate of drug-likeness (QED) is 0.819. The van der Waals surface area contributed by atoms with Crippen molar-refractivity contribution in [2.24, 2.45) is 0 Å². The van der Waals surface area contributed by atoms with Crippen LogP contribution in [0.15, 0.2) is 57.9 Å². The van der Waals surface area contributed by atoms with Crippen LogP contribution in [-0.4, -0.2) is 17.0 Å². The number of aliphatic hydroxyl groups excluding tert-OH is 1. The fourth-order valence-corrected chi connectivity index (χ4v) is 2.83. The minimum absolute atomic E-state index is 0.233. The molecule has 0 radical (unpaired) electrons. The van der Waals surface area contributed by atoms with Gasteiger partial charge in [-0.1, -0.05) is 40.2 Å². The van der Waals surface area contributed by atoms with Crippen molar-refractivity contribution < 1.29 is 9.50 Å². The summed E-state index contributed by atoms with van der Waals surface area (Å²) >= 11 is 4.72. The average molecular weight is 341 g/mol. The van der Waals surface area contributed by atoms with E-state index in [-0.39, 0.29) is 5.82 Å². The van der Waals surface area contributed by atoms with Gasteiger partial charge in [-0.15, -0.1) is 11.8 Å². The molecule has 1 N–H and O–H groups in total. The molecule has 1 atom stereocenters. The van der Waals surface area contributed by atoms with Crippen molar-refractivity contribution >= 4 is 27.7 Å². The summed E-state index contributed by atoms with van der Waals surface area (Å²) in [4.78, 5) is 0.581. The van der Waals surface area contributed by atoms with Gasteiger partial charge in [-0.05, 0) is 36.2 Å². The fraction of sp³-hybridized carbons (Fsp3) is 0.200. The number of hydrogen-bond donors (Lipinski definition) is 1. The van der Waals surface area contributed by atoms with Gasteiger partial charge >= 0.3 is 0 Å². The highest BCUT2D eigenvalue weighted by molar-refractivity contribution is 9.10. The van der Waals surface area contributed by atoms with E-state index in [1.54, 1.807) is 18.2 Å². The lowest BCUT2D eigenvalue weighted by Gasteiger charge is -2.10. The Morgan fingerprint density at radius 2 is 1.79 bits per heavy atom. The number of aliphatic hydroxyl groups is 1. The van der Waals surface area contributed by atoms with E-state index in [1.807, 2.05) is 24.3 Å². The molecule has 0 saturated carbocycles. The molecular weight excluding hydrogens is 327 g/mol. The number of halogens is 2. The normalized spacial score (nSPS) is 12.4. The van der Waals surface area contributed by atoms with Gasteiger partial charge in [0.2, 0.25) is 0 Å². The lowest BCUT2D eigenvalue weighted by Crippen LogP contribution is -2.13. The molecule has 0 spiro atoms. The second-order valence-corrected chi connectivity index (χ2v) is 6.20. The van der Waals surface area contributed by atoms with Crippen molar-refractivity contribution in [1.29, 1.82) is 0 Å². The third kappa shape index (κ3) is 4.64. The molecule has 2 rings (SSSR count). The summed E-state index contributed by atoms with van der Waals surface area (Å²) in [5.41, 5.74) is 1.07. The molecule has 4 heteroatoms. The van der Waals surface area contributed by atoms with E-state index in [0.717, 1.165) is 10.0 Å². The van der Waals surface area contributed by atoms with Crippen LogP contribution in [0.2, 0.25) is 0 Å². The van der Waals surface area contributed by atoms with Gasteiger partial charge in [0.25, 0.3) is 0 Å². The summed E-state index contributed by atoms with van der Waals surface area (Å²) in [5.74, 6) is 0.250. The summed E-state index contributed by atoms with van der Waals surface area (Å²) in [6.45, 7) is 0. The second-order valence-electron chi connectivity index (χ2n) is 4.23. The number of thioether (sulfide) groups is 1. The third-order valence-corrected chi connectivity index (χ3v) is 4.37. The van der Waals surface area contributed by atoms with E-state index < -0.39 is 6.10 Å². The first-order chi connectivity index (χ1) is 9.15. The summed E-state index contributed by atoms with van der Waals surface area (Å²) in [5, 5.41) is 9.97. The number of benzene rings is 2. The Kier molecular flexibility index (Phi) is 5.43. The first kappa shape index (κ1) is 14.6. The summed E-state index contributed by atoms with van der Waals surface area (Å²) in [6.07, 6.45) is 0.0974. The Hall–Kier alpha value is -0.840. The van der Waals surface area contributed by atoms with Crippen LogP contribution in [-0.2, 0) is 6.42 Å². The fourth-order valence-electron chi connectivity index (χ4n) is 1.70. The van der Waals surface area contributed by atoms with Gasteiger partial charge < -0.3 is 5.11 Å². The topological polar surface area (TPSA) is 20.2 Å². The Bertz CT molecular complexity index is 530. The van der Waals surface area contributed by atoms with Crippen LogP contribution in [0.4, 0.5) is 4.39 Å². The first-order valence-corrected chi connectivity index (χ1v) is 7.73. The molecule has 0 heterocycles. The van der Waals surface area contributed by atoms with E-state index in [2.05, 4.69) is 15.9 Å². The van der Waals surface area contributed by atoms with Crippen LogP contribution < -0.4 is 0 Å². The highest BCUT2D eigenvalue weighted by Crippen LogP contribution is 2.22. The van der Waals surface area contributed by atoms with Crippen molar-refractivity contribution in [2.75, 3.05) is 5.75 Å². The first-order valence-electron chi connectivity index (χ1n) is 5.95. The molecule has 0 amide bonds. The Morgan fingerprint density at radius 1 is 1.11 bits per heavy atom. The minimum Gasteiger partial charge on any atom is -0.392 e. The van der Waals surface area contributed by atoms with Crippen LogP contribution >= 0.6 is 27.7 Å². The smallest absolute Gasteiger partial charge is 0.136 e. The van der Waals surface area contributed by atoms with Gasteiger partial charge in [-0.2, -0.15) is 0 Å². The van der Waals surface area contributed by atoms with Crippen LogP contribution in [0.3, 0.4) is 0 Å². The zero-order chi connectivity index (χ0) is 13.7. The van der Waals surface area contributed by atoms with Crippen LogP contribution in [0.5, 0.6) is 0 Å². The number of rotatable bonds is 5. The van der Waals surface area contributed by atoms with Crippen LogP contribution in [0.25, 0.3) is 0 Å². The summed E-state index contributed by atoms with van der Waals surface area (Å²) in [6, 6.07) is 14.5.